The first-order valence-corrected chi connectivity index (χ1v) is 6.67. The lowest BCUT2D eigenvalue weighted by Gasteiger charge is -2.26. The van der Waals surface area contributed by atoms with Gasteiger partial charge in [0.05, 0.1) is 6.61 Å². The third-order valence-electron chi connectivity index (χ3n) is 2.83. The van der Waals surface area contributed by atoms with Crippen molar-refractivity contribution in [3.05, 3.63) is 34.3 Å². The Balaban J connectivity index is 2.86. The minimum atomic E-state index is 0.140. The van der Waals surface area contributed by atoms with Gasteiger partial charge in [-0.15, -0.1) is 0 Å². The van der Waals surface area contributed by atoms with Gasteiger partial charge in [0.25, 0.3) is 0 Å². The summed E-state index contributed by atoms with van der Waals surface area (Å²) in [5.41, 5.74) is 7.35. The van der Waals surface area contributed by atoms with Gasteiger partial charge in [0.15, 0.2) is 0 Å². The number of thiocarbonyl (C=S) groups is 1. The predicted octanol–water partition coefficient (Wildman–Crippen LogP) is 2.18. The summed E-state index contributed by atoms with van der Waals surface area (Å²) in [5.74, 6) is 0. The van der Waals surface area contributed by atoms with Gasteiger partial charge in [0.1, 0.15) is 4.99 Å². The van der Waals surface area contributed by atoms with Crippen LogP contribution in [-0.4, -0.2) is 34.2 Å². The third kappa shape index (κ3) is 4.21. The molecular weight excluding hydrogens is 268 g/mol. The zero-order chi connectivity index (χ0) is 13.7. The van der Waals surface area contributed by atoms with Crippen LogP contribution in [0, 0.1) is 0 Å². The Hall–Kier alpha value is -0.680. The Morgan fingerprint density at radius 3 is 2.61 bits per heavy atom. The van der Waals surface area contributed by atoms with Crippen LogP contribution in [-0.2, 0) is 6.54 Å². The minimum absolute atomic E-state index is 0.140. The smallest absolute Gasteiger partial charge is 0.104 e. The number of aliphatic hydroxyl groups excluding tert-OH is 1. The molecule has 0 radical (unpaired) electrons. The molecule has 0 aromatic heterocycles. The molecule has 1 rings (SSSR count). The normalized spacial score (nSPS) is 11.2. The van der Waals surface area contributed by atoms with Crippen molar-refractivity contribution in [1.29, 1.82) is 0 Å². The summed E-state index contributed by atoms with van der Waals surface area (Å²) in [6.07, 6.45) is 0. The third-order valence-corrected chi connectivity index (χ3v) is 3.42. The van der Waals surface area contributed by atoms with Crippen molar-refractivity contribution in [2.75, 3.05) is 13.2 Å². The SMILES string of the molecule is CC(C)N(CCO)Cc1ccc(C(N)=S)cc1Cl. The molecule has 0 aliphatic rings. The van der Waals surface area contributed by atoms with Crippen LogP contribution in [0.25, 0.3) is 0 Å². The molecule has 0 unspecified atom stereocenters. The number of benzene rings is 1. The van der Waals surface area contributed by atoms with E-state index in [9.17, 15) is 0 Å². The monoisotopic (exact) mass is 286 g/mol. The highest BCUT2D eigenvalue weighted by molar-refractivity contribution is 7.80. The van der Waals surface area contributed by atoms with Gasteiger partial charge < -0.3 is 10.8 Å². The standard InChI is InChI=1S/C13H19ClN2OS/c1-9(2)16(5-6-17)8-11-4-3-10(13(15)18)7-12(11)14/h3-4,7,9,17H,5-6,8H2,1-2H3,(H2,15,18). The topological polar surface area (TPSA) is 49.5 Å². The molecular formula is C13H19ClN2OS. The maximum absolute atomic E-state index is 9.04. The maximum Gasteiger partial charge on any atom is 0.104 e. The first kappa shape index (κ1) is 15.4. The van der Waals surface area contributed by atoms with E-state index in [4.69, 9.17) is 34.7 Å². The largest absolute Gasteiger partial charge is 0.395 e. The Morgan fingerprint density at radius 1 is 1.50 bits per heavy atom. The maximum atomic E-state index is 9.04. The number of nitrogens with two attached hydrogens (primary N) is 1. The van der Waals surface area contributed by atoms with E-state index in [0.717, 1.165) is 11.1 Å². The second kappa shape index (κ2) is 7.04. The van der Waals surface area contributed by atoms with Crippen molar-refractivity contribution in [3.63, 3.8) is 0 Å². The molecule has 1 aromatic rings. The summed E-state index contributed by atoms with van der Waals surface area (Å²) in [4.78, 5) is 2.50. The van der Waals surface area contributed by atoms with Crippen molar-refractivity contribution in [3.8, 4) is 0 Å². The summed E-state index contributed by atoms with van der Waals surface area (Å²) in [6, 6.07) is 5.95. The Bertz CT molecular complexity index is 423. The first-order chi connectivity index (χ1) is 8.45. The van der Waals surface area contributed by atoms with Gasteiger partial charge in [-0.05, 0) is 25.5 Å². The molecule has 0 atom stereocenters. The van der Waals surface area contributed by atoms with E-state index in [1.165, 1.54) is 0 Å². The molecule has 0 fully saturated rings. The van der Waals surface area contributed by atoms with Gasteiger partial charge in [-0.25, -0.2) is 0 Å². The Morgan fingerprint density at radius 2 is 2.17 bits per heavy atom. The number of nitrogens with zero attached hydrogens (tertiary/aromatic N) is 1. The van der Waals surface area contributed by atoms with Crippen LogP contribution in [0.15, 0.2) is 18.2 Å². The lowest BCUT2D eigenvalue weighted by Crippen LogP contribution is -2.33. The fraction of sp³-hybridized carbons (Fsp3) is 0.462. The molecule has 0 heterocycles. The molecule has 0 aliphatic carbocycles. The van der Waals surface area contributed by atoms with Gasteiger partial charge >= 0.3 is 0 Å². The molecule has 0 bridgehead atoms. The molecule has 0 saturated heterocycles. The molecule has 0 aliphatic heterocycles. The van der Waals surface area contributed by atoms with Crippen molar-refractivity contribution < 1.29 is 5.11 Å². The van der Waals surface area contributed by atoms with Crippen LogP contribution in [0.4, 0.5) is 0 Å². The molecule has 3 N–H and O–H groups in total. The quantitative estimate of drug-likeness (QED) is 0.787. The number of halogens is 1. The van der Waals surface area contributed by atoms with Crippen LogP contribution < -0.4 is 5.73 Å². The number of aliphatic hydroxyl groups is 1. The van der Waals surface area contributed by atoms with Gasteiger partial charge in [-0.3, -0.25) is 4.90 Å². The highest BCUT2D eigenvalue weighted by Crippen LogP contribution is 2.20. The zero-order valence-corrected chi connectivity index (χ0v) is 12.3. The lowest BCUT2D eigenvalue weighted by atomic mass is 10.1. The number of rotatable bonds is 6. The second-order valence-corrected chi connectivity index (χ2v) is 5.31. The molecule has 0 spiro atoms. The molecule has 5 heteroatoms. The van der Waals surface area contributed by atoms with Gasteiger partial charge in [0, 0.05) is 29.7 Å². The van der Waals surface area contributed by atoms with Gasteiger partial charge in [-0.1, -0.05) is 36.0 Å². The Kier molecular flexibility index (Phi) is 6.02. The van der Waals surface area contributed by atoms with E-state index in [0.29, 0.717) is 29.1 Å². The Labute approximate surface area is 119 Å². The van der Waals surface area contributed by atoms with Crippen molar-refractivity contribution in [1.82, 2.24) is 4.90 Å². The number of hydrogen-bond donors (Lipinski definition) is 2. The highest BCUT2D eigenvalue weighted by Gasteiger charge is 2.12. The van der Waals surface area contributed by atoms with E-state index >= 15 is 0 Å². The molecule has 0 amide bonds. The van der Waals surface area contributed by atoms with Gasteiger partial charge in [0.2, 0.25) is 0 Å². The molecule has 3 nitrogen and oxygen atoms in total. The zero-order valence-electron chi connectivity index (χ0n) is 10.7. The summed E-state index contributed by atoms with van der Waals surface area (Å²) in [7, 11) is 0. The summed E-state index contributed by atoms with van der Waals surface area (Å²) in [5, 5.41) is 9.70. The predicted molar refractivity (Wildman–Crippen MR) is 80.0 cm³/mol. The highest BCUT2D eigenvalue weighted by atomic mass is 35.5. The van der Waals surface area contributed by atoms with Crippen LogP contribution in [0.5, 0.6) is 0 Å². The van der Waals surface area contributed by atoms with Crippen LogP contribution in [0.1, 0.15) is 25.0 Å². The average molecular weight is 287 g/mol. The van der Waals surface area contributed by atoms with E-state index in [1.807, 2.05) is 12.1 Å². The van der Waals surface area contributed by atoms with Crippen molar-refractivity contribution in [2.24, 2.45) is 5.73 Å². The van der Waals surface area contributed by atoms with E-state index in [1.54, 1.807) is 6.07 Å². The summed E-state index contributed by atoms with van der Waals surface area (Å²) < 4.78 is 0. The fourth-order valence-electron chi connectivity index (χ4n) is 1.70. The molecule has 18 heavy (non-hydrogen) atoms. The second-order valence-electron chi connectivity index (χ2n) is 4.46. The summed E-state index contributed by atoms with van der Waals surface area (Å²) >= 11 is 11.1. The van der Waals surface area contributed by atoms with Crippen molar-refractivity contribution in [2.45, 2.75) is 26.4 Å². The minimum Gasteiger partial charge on any atom is -0.395 e. The number of hydrogen-bond acceptors (Lipinski definition) is 3. The molecule has 1 aromatic carbocycles. The summed E-state index contributed by atoms with van der Waals surface area (Å²) in [6.45, 7) is 5.65. The first-order valence-electron chi connectivity index (χ1n) is 5.88. The van der Waals surface area contributed by atoms with Crippen LogP contribution >= 0.6 is 23.8 Å². The van der Waals surface area contributed by atoms with Crippen LogP contribution in [0.2, 0.25) is 5.02 Å². The lowest BCUT2D eigenvalue weighted by molar-refractivity contribution is 0.159. The van der Waals surface area contributed by atoms with E-state index in [-0.39, 0.29) is 6.61 Å². The van der Waals surface area contributed by atoms with Crippen LogP contribution in [0.3, 0.4) is 0 Å². The molecule has 100 valence electrons. The van der Waals surface area contributed by atoms with Gasteiger partial charge in [-0.2, -0.15) is 0 Å². The van der Waals surface area contributed by atoms with Crippen molar-refractivity contribution >= 4 is 28.8 Å². The van der Waals surface area contributed by atoms with E-state index < -0.39 is 0 Å². The fourth-order valence-corrected chi connectivity index (χ4v) is 2.06. The molecule has 0 saturated carbocycles. The van der Waals surface area contributed by atoms with E-state index in [2.05, 4.69) is 18.7 Å². The average Bonchev–Trinajstić information content (AvgIpc) is 2.30.